The van der Waals surface area contributed by atoms with Crippen LogP contribution in [0, 0.1) is 20.8 Å². The summed E-state index contributed by atoms with van der Waals surface area (Å²) in [4.78, 5) is 4.25. The zero-order valence-corrected chi connectivity index (χ0v) is 11.4. The molecule has 2 rings (SSSR count). The molecule has 94 valence electrons. The van der Waals surface area contributed by atoms with Crippen LogP contribution in [0.15, 0.2) is 22.6 Å². The normalized spacial score (nSPS) is 11.1. The van der Waals surface area contributed by atoms with Crippen molar-refractivity contribution in [1.29, 1.82) is 0 Å². The van der Waals surface area contributed by atoms with Gasteiger partial charge >= 0.3 is 0 Å². The summed E-state index contributed by atoms with van der Waals surface area (Å²) in [5.41, 5.74) is 6.87. The third-order valence-corrected chi connectivity index (χ3v) is 3.42. The predicted molar refractivity (Wildman–Crippen MR) is 75.6 cm³/mol. The molecule has 1 aromatic carbocycles. The number of rotatable bonds is 3. The Balaban J connectivity index is 2.14. The van der Waals surface area contributed by atoms with Crippen LogP contribution >= 0.6 is 11.3 Å². The lowest BCUT2D eigenvalue weighted by Crippen LogP contribution is -1.95. The van der Waals surface area contributed by atoms with Gasteiger partial charge in [-0.25, -0.2) is 4.98 Å². The van der Waals surface area contributed by atoms with Crippen molar-refractivity contribution < 1.29 is 5.11 Å². The Bertz CT molecular complexity index is 567. The van der Waals surface area contributed by atoms with Crippen molar-refractivity contribution in [3.63, 3.8) is 0 Å². The van der Waals surface area contributed by atoms with Gasteiger partial charge in [-0.15, -0.1) is 11.3 Å². The second-order valence-electron chi connectivity index (χ2n) is 4.16. The molecular weight excluding hydrogens is 246 g/mol. The number of phenolic OH excluding ortho intramolecular Hbond substituents is 1. The topological polar surface area (TPSA) is 57.5 Å². The van der Waals surface area contributed by atoms with Gasteiger partial charge in [0.15, 0.2) is 0 Å². The molecule has 2 N–H and O–H groups in total. The smallest absolute Gasteiger partial charge is 0.203 e. The van der Waals surface area contributed by atoms with Gasteiger partial charge in [0, 0.05) is 10.9 Å². The Morgan fingerprint density at radius 3 is 2.50 bits per heavy atom. The largest absolute Gasteiger partial charge is 0.508 e. The molecule has 0 unspecified atom stereocenters. The molecule has 2 aromatic rings. The van der Waals surface area contributed by atoms with Crippen molar-refractivity contribution in [2.75, 3.05) is 5.43 Å². The van der Waals surface area contributed by atoms with Gasteiger partial charge in [-0.1, -0.05) is 0 Å². The summed E-state index contributed by atoms with van der Waals surface area (Å²) in [5, 5.41) is 16.4. The van der Waals surface area contributed by atoms with Gasteiger partial charge in [-0.05, 0) is 44.0 Å². The Labute approximate surface area is 110 Å². The SMILES string of the molecule is Cc1csc(NN=Cc2c(C)cc(O)cc2C)n1. The van der Waals surface area contributed by atoms with E-state index in [1.54, 1.807) is 18.3 Å². The summed E-state index contributed by atoms with van der Waals surface area (Å²) in [6, 6.07) is 3.45. The van der Waals surface area contributed by atoms with Crippen LogP contribution in [0.5, 0.6) is 5.75 Å². The predicted octanol–water partition coefficient (Wildman–Crippen LogP) is 3.22. The van der Waals surface area contributed by atoms with Crippen LogP contribution in [0.2, 0.25) is 0 Å². The Morgan fingerprint density at radius 2 is 1.94 bits per heavy atom. The lowest BCUT2D eigenvalue weighted by atomic mass is 10.0. The van der Waals surface area contributed by atoms with E-state index < -0.39 is 0 Å². The maximum atomic E-state index is 9.46. The number of anilines is 1. The molecule has 0 atom stereocenters. The average Bonchev–Trinajstić information content (AvgIpc) is 2.68. The third kappa shape index (κ3) is 2.87. The number of phenols is 1. The first-order chi connectivity index (χ1) is 8.56. The number of aromatic hydroxyl groups is 1. The highest BCUT2D eigenvalue weighted by molar-refractivity contribution is 7.13. The number of nitrogens with one attached hydrogen (secondary N) is 1. The molecule has 0 radical (unpaired) electrons. The number of nitrogens with zero attached hydrogens (tertiary/aromatic N) is 2. The molecule has 0 amide bonds. The first-order valence-corrected chi connectivity index (χ1v) is 6.45. The third-order valence-electron chi connectivity index (χ3n) is 2.55. The Kier molecular flexibility index (Phi) is 3.62. The highest BCUT2D eigenvalue weighted by atomic mass is 32.1. The summed E-state index contributed by atoms with van der Waals surface area (Å²) in [6.07, 6.45) is 1.75. The van der Waals surface area contributed by atoms with E-state index >= 15 is 0 Å². The van der Waals surface area contributed by atoms with Crippen LogP contribution in [0.4, 0.5) is 5.13 Å². The van der Waals surface area contributed by atoms with Crippen LogP contribution < -0.4 is 5.43 Å². The number of hydrazone groups is 1. The molecular formula is C13H15N3OS. The summed E-state index contributed by atoms with van der Waals surface area (Å²) < 4.78 is 0. The monoisotopic (exact) mass is 261 g/mol. The van der Waals surface area contributed by atoms with Crippen LogP contribution in [0.1, 0.15) is 22.4 Å². The maximum absolute atomic E-state index is 9.46. The molecule has 0 bridgehead atoms. The number of thiazole rings is 1. The molecule has 0 aliphatic carbocycles. The number of aromatic nitrogens is 1. The van der Waals surface area contributed by atoms with Crippen LogP contribution in [0.3, 0.4) is 0 Å². The van der Waals surface area contributed by atoms with Gasteiger partial charge in [0.25, 0.3) is 0 Å². The van der Waals surface area contributed by atoms with Gasteiger partial charge in [0.05, 0.1) is 11.9 Å². The maximum Gasteiger partial charge on any atom is 0.203 e. The molecule has 0 aliphatic rings. The molecule has 4 nitrogen and oxygen atoms in total. The molecule has 0 fully saturated rings. The average molecular weight is 261 g/mol. The van der Waals surface area contributed by atoms with Gasteiger partial charge < -0.3 is 5.11 Å². The van der Waals surface area contributed by atoms with Crippen molar-refractivity contribution >= 4 is 22.7 Å². The van der Waals surface area contributed by atoms with Gasteiger partial charge in [0.2, 0.25) is 5.13 Å². The molecule has 0 saturated heterocycles. The number of benzene rings is 1. The second-order valence-corrected chi connectivity index (χ2v) is 5.02. The number of aryl methyl sites for hydroxylation is 3. The minimum Gasteiger partial charge on any atom is -0.508 e. The van der Waals surface area contributed by atoms with Crippen molar-refractivity contribution in [2.45, 2.75) is 20.8 Å². The van der Waals surface area contributed by atoms with E-state index in [-0.39, 0.29) is 5.75 Å². The standard InChI is InChI=1S/C13H15N3OS/c1-8-4-11(17)5-9(2)12(8)6-14-16-13-15-10(3)7-18-13/h4-7,17H,1-3H3,(H,15,16). The van der Waals surface area contributed by atoms with Crippen molar-refractivity contribution in [3.8, 4) is 5.75 Å². The number of hydrogen-bond acceptors (Lipinski definition) is 5. The fourth-order valence-corrected chi connectivity index (χ4v) is 2.35. The fourth-order valence-electron chi connectivity index (χ4n) is 1.71. The zero-order chi connectivity index (χ0) is 13.1. The molecule has 0 spiro atoms. The summed E-state index contributed by atoms with van der Waals surface area (Å²) in [6.45, 7) is 5.84. The van der Waals surface area contributed by atoms with Crippen LogP contribution in [-0.4, -0.2) is 16.3 Å². The van der Waals surface area contributed by atoms with Crippen LogP contribution in [-0.2, 0) is 0 Å². The minimum atomic E-state index is 0.283. The molecule has 5 heteroatoms. The van der Waals surface area contributed by atoms with E-state index in [4.69, 9.17) is 0 Å². The van der Waals surface area contributed by atoms with Crippen LogP contribution in [0.25, 0.3) is 0 Å². The fraction of sp³-hybridized carbons (Fsp3) is 0.231. The quantitative estimate of drug-likeness (QED) is 0.659. The molecule has 1 heterocycles. The van der Waals surface area contributed by atoms with Gasteiger partial charge in [-0.2, -0.15) is 5.10 Å². The molecule has 0 saturated carbocycles. The van der Waals surface area contributed by atoms with E-state index in [2.05, 4.69) is 15.5 Å². The van der Waals surface area contributed by atoms with Gasteiger partial charge in [0.1, 0.15) is 5.75 Å². The first kappa shape index (κ1) is 12.6. The van der Waals surface area contributed by atoms with Gasteiger partial charge in [-0.3, -0.25) is 5.43 Å². The second kappa shape index (κ2) is 5.18. The highest BCUT2D eigenvalue weighted by Gasteiger charge is 2.02. The van der Waals surface area contributed by atoms with E-state index in [1.165, 1.54) is 11.3 Å². The lowest BCUT2D eigenvalue weighted by molar-refractivity contribution is 0.474. The van der Waals surface area contributed by atoms with Crippen molar-refractivity contribution in [3.05, 3.63) is 39.9 Å². The van der Waals surface area contributed by atoms with E-state index in [0.29, 0.717) is 0 Å². The highest BCUT2D eigenvalue weighted by Crippen LogP contribution is 2.19. The zero-order valence-electron chi connectivity index (χ0n) is 10.6. The van der Waals surface area contributed by atoms with Crippen molar-refractivity contribution in [1.82, 2.24) is 4.98 Å². The molecule has 18 heavy (non-hydrogen) atoms. The summed E-state index contributed by atoms with van der Waals surface area (Å²) in [5.74, 6) is 0.283. The van der Waals surface area contributed by atoms with Crippen molar-refractivity contribution in [2.24, 2.45) is 5.10 Å². The molecule has 1 aromatic heterocycles. The Hall–Kier alpha value is -1.88. The summed E-state index contributed by atoms with van der Waals surface area (Å²) in [7, 11) is 0. The van der Waals surface area contributed by atoms with E-state index in [9.17, 15) is 5.11 Å². The minimum absolute atomic E-state index is 0.283. The first-order valence-electron chi connectivity index (χ1n) is 5.57. The summed E-state index contributed by atoms with van der Waals surface area (Å²) >= 11 is 1.52. The van der Waals surface area contributed by atoms with E-state index in [1.807, 2.05) is 26.2 Å². The van der Waals surface area contributed by atoms with E-state index in [0.717, 1.165) is 27.5 Å². The Morgan fingerprint density at radius 1 is 1.28 bits per heavy atom. The lowest BCUT2D eigenvalue weighted by Gasteiger charge is -2.05. The molecule has 0 aliphatic heterocycles. The number of hydrogen-bond donors (Lipinski definition) is 2.